The number of hydrogen-bond acceptors (Lipinski definition) is 5. The Labute approximate surface area is 186 Å². The average Bonchev–Trinajstić information content (AvgIpc) is 3.41. The van der Waals surface area contributed by atoms with Gasteiger partial charge in [0.25, 0.3) is 5.91 Å². The van der Waals surface area contributed by atoms with Crippen LogP contribution in [0.5, 0.6) is 0 Å². The topological polar surface area (TPSA) is 91.5 Å². The number of carbonyl (C=O) groups is 1. The first kappa shape index (κ1) is 21.3. The Morgan fingerprint density at radius 2 is 2.16 bits per heavy atom. The number of halogens is 1. The number of fused-ring (bicyclic) bond motifs is 1. The summed E-state index contributed by atoms with van der Waals surface area (Å²) in [5.74, 6) is 0.436. The lowest BCUT2D eigenvalue weighted by Gasteiger charge is -2.18. The molecule has 0 aliphatic heterocycles. The Kier molecular flexibility index (Phi) is 5.73. The quantitative estimate of drug-likeness (QED) is 0.514. The third-order valence-electron chi connectivity index (χ3n) is 4.96. The van der Waals surface area contributed by atoms with Gasteiger partial charge in [-0.2, -0.15) is 0 Å². The maximum atomic E-state index is 12.4. The third-order valence-corrected chi connectivity index (χ3v) is 5.27. The van der Waals surface area contributed by atoms with E-state index in [0.29, 0.717) is 28.6 Å². The summed E-state index contributed by atoms with van der Waals surface area (Å²) in [5, 5.41) is 16.6. The molecule has 3 N–H and O–H groups in total. The van der Waals surface area contributed by atoms with Crippen LogP contribution in [0.15, 0.2) is 36.7 Å². The minimum absolute atomic E-state index is 0.144. The first-order valence-electron chi connectivity index (χ1n) is 10.3. The van der Waals surface area contributed by atoms with Crippen molar-refractivity contribution in [3.05, 3.63) is 52.9 Å². The Hall–Kier alpha value is -2.90. The second-order valence-corrected chi connectivity index (χ2v) is 8.87. The largest absolute Gasteiger partial charge is 0.389 e. The zero-order valence-electron chi connectivity index (χ0n) is 17.8. The second kappa shape index (κ2) is 8.32. The Bertz CT molecular complexity index is 1160. The van der Waals surface area contributed by atoms with Gasteiger partial charge in [0.05, 0.1) is 33.8 Å². The lowest BCUT2D eigenvalue weighted by molar-refractivity contribution is 0.0940. The fourth-order valence-corrected chi connectivity index (χ4v) is 3.51. The molecule has 7 nitrogen and oxygen atoms in total. The number of rotatable bonds is 7. The van der Waals surface area contributed by atoms with Crippen LogP contribution in [-0.4, -0.2) is 43.6 Å². The lowest BCUT2D eigenvalue weighted by Crippen LogP contribution is -2.29. The molecule has 1 aliphatic carbocycles. The Morgan fingerprint density at radius 1 is 1.39 bits per heavy atom. The van der Waals surface area contributed by atoms with Crippen molar-refractivity contribution < 1.29 is 9.90 Å². The van der Waals surface area contributed by atoms with Crippen molar-refractivity contribution in [3.63, 3.8) is 0 Å². The van der Waals surface area contributed by atoms with E-state index in [2.05, 4.69) is 20.6 Å². The van der Waals surface area contributed by atoms with Crippen molar-refractivity contribution in [2.24, 2.45) is 0 Å². The molecule has 0 radical (unpaired) electrons. The van der Waals surface area contributed by atoms with E-state index in [9.17, 15) is 9.90 Å². The molecule has 1 aliphatic rings. The van der Waals surface area contributed by atoms with Gasteiger partial charge < -0.3 is 15.7 Å². The highest BCUT2D eigenvalue weighted by Gasteiger charge is 2.25. The highest BCUT2D eigenvalue weighted by Crippen LogP contribution is 2.29. The number of anilines is 1. The lowest BCUT2D eigenvalue weighted by atomic mass is 10.1. The number of aliphatic hydroxyl groups is 1. The summed E-state index contributed by atoms with van der Waals surface area (Å²) in [4.78, 5) is 21.5. The van der Waals surface area contributed by atoms with E-state index in [1.54, 1.807) is 32.2 Å². The van der Waals surface area contributed by atoms with Gasteiger partial charge in [-0.05, 0) is 51.8 Å². The molecule has 0 unspecified atom stereocenters. The van der Waals surface area contributed by atoms with Gasteiger partial charge >= 0.3 is 0 Å². The molecule has 0 atom stereocenters. The highest BCUT2D eigenvalue weighted by atomic mass is 35.5. The van der Waals surface area contributed by atoms with Crippen molar-refractivity contribution in [1.82, 2.24) is 19.7 Å². The minimum Gasteiger partial charge on any atom is -0.389 e. The van der Waals surface area contributed by atoms with Crippen LogP contribution in [0.3, 0.4) is 0 Å². The summed E-state index contributed by atoms with van der Waals surface area (Å²) in [6.07, 6.45) is 9.51. The molecule has 2 aromatic heterocycles. The molecule has 0 spiro atoms. The molecular formula is C23H26ClN5O2. The van der Waals surface area contributed by atoms with Gasteiger partial charge in [0.1, 0.15) is 0 Å². The standard InChI is InChI=1S/C23H26ClN5O2/c1-4-5-16-12-29-19(11-25-21(29)20(27-16)26-13-23(2,3)31)14-6-9-17(18(24)10-14)22(30)28-15-7-8-15/h4-6,9-12,15,31H,7-8,13H2,1-3H3,(H,26,27)(H,28,30). The van der Waals surface area contributed by atoms with Crippen LogP contribution in [0, 0.1) is 0 Å². The van der Waals surface area contributed by atoms with Gasteiger partial charge in [0, 0.05) is 24.3 Å². The van der Waals surface area contributed by atoms with Crippen molar-refractivity contribution in [1.29, 1.82) is 0 Å². The monoisotopic (exact) mass is 439 g/mol. The van der Waals surface area contributed by atoms with Crippen LogP contribution in [-0.2, 0) is 0 Å². The number of benzene rings is 1. The van der Waals surface area contributed by atoms with E-state index >= 15 is 0 Å². The molecule has 2 heterocycles. The highest BCUT2D eigenvalue weighted by molar-refractivity contribution is 6.34. The number of carbonyl (C=O) groups excluding carboxylic acids is 1. The van der Waals surface area contributed by atoms with E-state index in [1.807, 2.05) is 35.7 Å². The Morgan fingerprint density at radius 3 is 2.81 bits per heavy atom. The predicted octanol–water partition coefficient (Wildman–Crippen LogP) is 4.16. The summed E-state index contributed by atoms with van der Waals surface area (Å²) < 4.78 is 1.94. The van der Waals surface area contributed by atoms with Crippen molar-refractivity contribution in [2.45, 2.75) is 45.3 Å². The van der Waals surface area contributed by atoms with Crippen LogP contribution in [0.2, 0.25) is 5.02 Å². The maximum absolute atomic E-state index is 12.4. The molecule has 4 rings (SSSR count). The van der Waals surface area contributed by atoms with Crippen molar-refractivity contribution in [3.8, 4) is 11.3 Å². The first-order valence-corrected chi connectivity index (χ1v) is 10.7. The smallest absolute Gasteiger partial charge is 0.253 e. The van der Waals surface area contributed by atoms with E-state index in [1.165, 1.54) is 0 Å². The third kappa shape index (κ3) is 4.89. The van der Waals surface area contributed by atoms with Gasteiger partial charge in [-0.15, -0.1) is 0 Å². The van der Waals surface area contributed by atoms with Crippen LogP contribution >= 0.6 is 11.6 Å². The van der Waals surface area contributed by atoms with Gasteiger partial charge in [0.2, 0.25) is 0 Å². The molecule has 3 aromatic rings. The van der Waals surface area contributed by atoms with Crippen LogP contribution < -0.4 is 10.6 Å². The number of aromatic nitrogens is 3. The van der Waals surface area contributed by atoms with Gasteiger partial charge in [-0.25, -0.2) is 9.97 Å². The SMILES string of the molecule is CC=Cc1cn2c(-c3ccc(C(=O)NC4CC4)c(Cl)c3)cnc2c(NCC(C)(C)O)n1. The molecule has 31 heavy (non-hydrogen) atoms. The Balaban J connectivity index is 1.72. The van der Waals surface area contributed by atoms with E-state index in [0.717, 1.165) is 29.8 Å². The van der Waals surface area contributed by atoms with Gasteiger partial charge in [-0.1, -0.05) is 23.7 Å². The number of allylic oxidation sites excluding steroid dienone is 1. The summed E-state index contributed by atoms with van der Waals surface area (Å²) in [6, 6.07) is 5.67. The number of imidazole rings is 1. The number of amides is 1. The molecule has 162 valence electrons. The maximum Gasteiger partial charge on any atom is 0.253 e. The average molecular weight is 440 g/mol. The second-order valence-electron chi connectivity index (χ2n) is 8.46. The summed E-state index contributed by atoms with van der Waals surface area (Å²) in [7, 11) is 0. The first-order chi connectivity index (χ1) is 14.7. The summed E-state index contributed by atoms with van der Waals surface area (Å²) >= 11 is 6.45. The molecule has 1 amide bonds. The fourth-order valence-electron chi connectivity index (χ4n) is 3.24. The molecule has 8 heteroatoms. The van der Waals surface area contributed by atoms with Crippen molar-refractivity contribution >= 4 is 35.0 Å². The summed E-state index contributed by atoms with van der Waals surface area (Å²) in [6.45, 7) is 5.71. The van der Waals surface area contributed by atoms with Crippen LogP contribution in [0.4, 0.5) is 5.82 Å². The van der Waals surface area contributed by atoms with Gasteiger partial charge in [0.15, 0.2) is 11.5 Å². The molecule has 0 saturated heterocycles. The molecule has 1 saturated carbocycles. The molecule has 0 bridgehead atoms. The predicted molar refractivity (Wildman–Crippen MR) is 123 cm³/mol. The molecule has 1 fully saturated rings. The molecule has 1 aromatic carbocycles. The number of nitrogens with one attached hydrogen (secondary N) is 2. The molecular weight excluding hydrogens is 414 g/mol. The van der Waals surface area contributed by atoms with E-state index < -0.39 is 5.60 Å². The van der Waals surface area contributed by atoms with E-state index in [-0.39, 0.29) is 11.9 Å². The van der Waals surface area contributed by atoms with Crippen molar-refractivity contribution in [2.75, 3.05) is 11.9 Å². The van der Waals surface area contributed by atoms with E-state index in [4.69, 9.17) is 11.6 Å². The number of hydrogen-bond donors (Lipinski definition) is 3. The summed E-state index contributed by atoms with van der Waals surface area (Å²) in [5.41, 5.74) is 2.62. The number of nitrogens with zero attached hydrogens (tertiary/aromatic N) is 3. The van der Waals surface area contributed by atoms with Gasteiger partial charge in [-0.3, -0.25) is 9.20 Å². The zero-order chi connectivity index (χ0) is 22.2. The zero-order valence-corrected chi connectivity index (χ0v) is 18.6. The fraction of sp³-hybridized carbons (Fsp3) is 0.348. The minimum atomic E-state index is -0.894. The van der Waals surface area contributed by atoms with Crippen LogP contribution in [0.1, 0.15) is 49.7 Å². The van der Waals surface area contributed by atoms with Crippen LogP contribution in [0.25, 0.3) is 23.0 Å². The normalized spacial score (nSPS) is 14.4.